The average molecular weight is 292 g/mol. The van der Waals surface area contributed by atoms with Gasteiger partial charge in [0.2, 0.25) is 0 Å². The molecule has 1 N–H and O–H groups in total. The van der Waals surface area contributed by atoms with Crippen LogP contribution in [0.2, 0.25) is 0 Å². The van der Waals surface area contributed by atoms with E-state index in [2.05, 4.69) is 5.32 Å². The van der Waals surface area contributed by atoms with Gasteiger partial charge < -0.3 is 15.0 Å². The van der Waals surface area contributed by atoms with Crippen LogP contribution in [0.25, 0.3) is 0 Å². The number of piperidine rings is 1. The molecule has 6 nitrogen and oxygen atoms in total. The number of sulfone groups is 1. The predicted octanol–water partition coefficient (Wildman–Crippen LogP) is 0.632. The summed E-state index contributed by atoms with van der Waals surface area (Å²) in [5, 5.41) is 3.34. The van der Waals surface area contributed by atoms with Crippen LogP contribution in [0.3, 0.4) is 0 Å². The number of ether oxygens (including phenoxy) is 1. The van der Waals surface area contributed by atoms with Gasteiger partial charge >= 0.3 is 6.09 Å². The Kier molecular flexibility index (Phi) is 6.57. The first-order valence-corrected chi connectivity index (χ1v) is 8.81. The van der Waals surface area contributed by atoms with E-state index in [-0.39, 0.29) is 11.8 Å². The summed E-state index contributed by atoms with van der Waals surface area (Å²) in [7, 11) is -2.86. The van der Waals surface area contributed by atoms with Gasteiger partial charge in [0.15, 0.2) is 0 Å². The molecule has 1 heterocycles. The molecule has 1 aliphatic heterocycles. The molecule has 1 fully saturated rings. The van der Waals surface area contributed by atoms with Crippen LogP contribution in [0.1, 0.15) is 26.2 Å². The first-order chi connectivity index (χ1) is 8.92. The minimum atomic E-state index is -2.86. The van der Waals surface area contributed by atoms with Crippen molar-refractivity contribution in [3.8, 4) is 0 Å². The van der Waals surface area contributed by atoms with Gasteiger partial charge in [-0.05, 0) is 32.7 Å². The number of likely N-dealkylation sites (tertiary alicyclic amines) is 1. The van der Waals surface area contributed by atoms with E-state index in [9.17, 15) is 13.2 Å². The Hall–Kier alpha value is -0.820. The lowest BCUT2D eigenvalue weighted by molar-refractivity contribution is 0.0951. The van der Waals surface area contributed by atoms with E-state index >= 15 is 0 Å². The van der Waals surface area contributed by atoms with Crippen molar-refractivity contribution < 1.29 is 17.9 Å². The Morgan fingerprint density at radius 1 is 1.37 bits per heavy atom. The Morgan fingerprint density at radius 2 is 2.00 bits per heavy atom. The molecule has 0 bridgehead atoms. The van der Waals surface area contributed by atoms with Gasteiger partial charge in [-0.2, -0.15) is 0 Å². The third-order valence-corrected chi connectivity index (χ3v) is 4.18. The van der Waals surface area contributed by atoms with Gasteiger partial charge in [0, 0.05) is 25.4 Å². The van der Waals surface area contributed by atoms with Crippen LogP contribution in [0, 0.1) is 0 Å². The zero-order valence-corrected chi connectivity index (χ0v) is 12.5. The minimum absolute atomic E-state index is 0.224. The number of carbonyl (C=O) groups is 1. The molecule has 7 heteroatoms. The highest BCUT2D eigenvalue weighted by atomic mass is 32.2. The molecule has 1 saturated heterocycles. The Balaban J connectivity index is 2.15. The van der Waals surface area contributed by atoms with Crippen LogP contribution in [-0.2, 0) is 14.6 Å². The predicted molar refractivity (Wildman–Crippen MR) is 73.9 cm³/mol. The summed E-state index contributed by atoms with van der Waals surface area (Å²) in [6.45, 7) is 4.30. The Labute approximate surface area is 115 Å². The van der Waals surface area contributed by atoms with Gasteiger partial charge in [-0.25, -0.2) is 13.2 Å². The van der Waals surface area contributed by atoms with Crippen molar-refractivity contribution in [1.82, 2.24) is 10.2 Å². The number of rotatable bonds is 6. The molecule has 1 aliphatic rings. The van der Waals surface area contributed by atoms with Crippen molar-refractivity contribution in [2.75, 3.05) is 38.2 Å². The zero-order valence-electron chi connectivity index (χ0n) is 11.7. The van der Waals surface area contributed by atoms with Gasteiger partial charge in [0.1, 0.15) is 9.84 Å². The van der Waals surface area contributed by atoms with Gasteiger partial charge in [-0.1, -0.05) is 0 Å². The monoisotopic (exact) mass is 292 g/mol. The molecule has 0 unspecified atom stereocenters. The van der Waals surface area contributed by atoms with E-state index in [0.717, 1.165) is 12.8 Å². The molecule has 0 aliphatic carbocycles. The molecule has 0 spiro atoms. The lowest BCUT2D eigenvalue weighted by Crippen LogP contribution is -2.45. The molecule has 19 heavy (non-hydrogen) atoms. The number of hydrogen-bond acceptors (Lipinski definition) is 5. The highest BCUT2D eigenvalue weighted by molar-refractivity contribution is 7.90. The molecular formula is C12H24N2O4S. The molecule has 0 saturated carbocycles. The van der Waals surface area contributed by atoms with E-state index in [1.54, 1.807) is 11.8 Å². The maximum absolute atomic E-state index is 11.5. The van der Waals surface area contributed by atoms with Crippen LogP contribution in [0.4, 0.5) is 4.79 Å². The number of nitrogens with zero attached hydrogens (tertiary/aromatic N) is 1. The summed E-state index contributed by atoms with van der Waals surface area (Å²) in [6.07, 6.45) is 3.43. The fourth-order valence-corrected chi connectivity index (χ4v) is 2.79. The SMILES string of the molecule is CCOC(=O)N1CCC(NCCCS(C)(=O)=O)CC1. The van der Waals surface area contributed by atoms with E-state index < -0.39 is 9.84 Å². The lowest BCUT2D eigenvalue weighted by atomic mass is 10.1. The van der Waals surface area contributed by atoms with Crippen LogP contribution in [-0.4, -0.2) is 63.7 Å². The highest BCUT2D eigenvalue weighted by Gasteiger charge is 2.22. The molecule has 1 amide bonds. The summed E-state index contributed by atoms with van der Waals surface area (Å²) in [5.74, 6) is 0.224. The van der Waals surface area contributed by atoms with E-state index in [0.29, 0.717) is 38.7 Å². The third kappa shape index (κ3) is 6.77. The second-order valence-electron chi connectivity index (χ2n) is 4.90. The number of carbonyl (C=O) groups excluding carboxylic acids is 1. The molecule has 0 atom stereocenters. The summed E-state index contributed by atoms with van der Waals surface area (Å²) < 4.78 is 26.9. The number of nitrogens with one attached hydrogen (secondary N) is 1. The second-order valence-corrected chi connectivity index (χ2v) is 7.16. The van der Waals surface area contributed by atoms with E-state index in [1.165, 1.54) is 6.26 Å². The lowest BCUT2D eigenvalue weighted by Gasteiger charge is -2.31. The van der Waals surface area contributed by atoms with Gasteiger partial charge in [0.25, 0.3) is 0 Å². The first kappa shape index (κ1) is 16.2. The summed E-state index contributed by atoms with van der Waals surface area (Å²) in [5.41, 5.74) is 0. The first-order valence-electron chi connectivity index (χ1n) is 6.75. The Bertz CT molecular complexity index is 375. The quantitative estimate of drug-likeness (QED) is 0.727. The molecule has 112 valence electrons. The van der Waals surface area contributed by atoms with Crippen LogP contribution < -0.4 is 5.32 Å². The number of amides is 1. The molecular weight excluding hydrogens is 268 g/mol. The smallest absolute Gasteiger partial charge is 0.409 e. The van der Waals surface area contributed by atoms with Crippen molar-refractivity contribution in [2.24, 2.45) is 0 Å². The molecule has 0 aromatic carbocycles. The van der Waals surface area contributed by atoms with Gasteiger partial charge in [0.05, 0.1) is 12.4 Å². The third-order valence-electron chi connectivity index (χ3n) is 3.15. The van der Waals surface area contributed by atoms with Crippen molar-refractivity contribution in [1.29, 1.82) is 0 Å². The second kappa shape index (κ2) is 7.69. The van der Waals surface area contributed by atoms with Crippen molar-refractivity contribution in [2.45, 2.75) is 32.2 Å². The van der Waals surface area contributed by atoms with Crippen molar-refractivity contribution >= 4 is 15.9 Å². The average Bonchev–Trinajstić information content (AvgIpc) is 2.34. The van der Waals surface area contributed by atoms with Crippen LogP contribution in [0.15, 0.2) is 0 Å². The van der Waals surface area contributed by atoms with Crippen molar-refractivity contribution in [3.63, 3.8) is 0 Å². The van der Waals surface area contributed by atoms with Gasteiger partial charge in [-0.3, -0.25) is 0 Å². The van der Waals surface area contributed by atoms with Crippen molar-refractivity contribution in [3.05, 3.63) is 0 Å². The minimum Gasteiger partial charge on any atom is -0.450 e. The normalized spacial score (nSPS) is 17.5. The maximum Gasteiger partial charge on any atom is 0.409 e. The van der Waals surface area contributed by atoms with Crippen LogP contribution >= 0.6 is 0 Å². The standard InChI is InChI=1S/C12H24N2O4S/c1-3-18-12(15)14-8-5-11(6-9-14)13-7-4-10-19(2,16)17/h11,13H,3-10H2,1-2H3. The summed E-state index contributed by atoms with van der Waals surface area (Å²) >= 11 is 0. The zero-order chi connectivity index (χ0) is 14.3. The Morgan fingerprint density at radius 3 is 2.53 bits per heavy atom. The molecule has 0 aromatic rings. The molecule has 1 rings (SSSR count). The summed E-state index contributed by atoms with van der Waals surface area (Å²) in [6, 6.07) is 0.366. The van der Waals surface area contributed by atoms with E-state index in [4.69, 9.17) is 4.74 Å². The number of hydrogen-bond donors (Lipinski definition) is 1. The van der Waals surface area contributed by atoms with E-state index in [1.807, 2.05) is 0 Å². The largest absolute Gasteiger partial charge is 0.450 e. The molecule has 0 radical (unpaired) electrons. The van der Waals surface area contributed by atoms with Crippen LogP contribution in [0.5, 0.6) is 0 Å². The fourth-order valence-electron chi connectivity index (χ4n) is 2.12. The topological polar surface area (TPSA) is 75.7 Å². The molecule has 0 aromatic heterocycles. The highest BCUT2D eigenvalue weighted by Crippen LogP contribution is 2.11. The maximum atomic E-state index is 11.5. The fraction of sp³-hybridized carbons (Fsp3) is 0.917. The summed E-state index contributed by atoms with van der Waals surface area (Å²) in [4.78, 5) is 13.2. The van der Waals surface area contributed by atoms with Gasteiger partial charge in [-0.15, -0.1) is 0 Å².